The van der Waals surface area contributed by atoms with E-state index in [0.29, 0.717) is 23.4 Å². The van der Waals surface area contributed by atoms with Crippen LogP contribution in [-0.2, 0) is 9.53 Å². The quantitative estimate of drug-likeness (QED) is 0.863. The zero-order chi connectivity index (χ0) is 15.6. The smallest absolute Gasteiger partial charge is 0.336 e. The molecule has 0 spiro atoms. The lowest BCUT2D eigenvalue weighted by Gasteiger charge is -2.30. The SMILES string of the molecule is CCOC(=O)C1=C(C)NC(C)=C(C)C1c1ccccc1F. The van der Waals surface area contributed by atoms with Gasteiger partial charge in [-0.3, -0.25) is 0 Å². The van der Waals surface area contributed by atoms with Gasteiger partial charge in [0, 0.05) is 17.3 Å². The summed E-state index contributed by atoms with van der Waals surface area (Å²) in [7, 11) is 0. The Bertz CT molecular complexity index is 631. The van der Waals surface area contributed by atoms with Crippen LogP contribution >= 0.6 is 0 Å². The molecular formula is C17H20FNO2. The van der Waals surface area contributed by atoms with Crippen LogP contribution in [0.1, 0.15) is 39.2 Å². The molecule has 1 heterocycles. The number of hydrogen-bond donors (Lipinski definition) is 1. The lowest BCUT2D eigenvalue weighted by molar-refractivity contribution is -0.138. The number of halogens is 1. The lowest BCUT2D eigenvalue weighted by Crippen LogP contribution is -2.28. The van der Waals surface area contributed by atoms with E-state index >= 15 is 0 Å². The van der Waals surface area contributed by atoms with E-state index in [-0.39, 0.29) is 5.82 Å². The van der Waals surface area contributed by atoms with Gasteiger partial charge >= 0.3 is 5.97 Å². The number of carbonyl (C=O) groups is 1. The number of benzene rings is 1. The summed E-state index contributed by atoms with van der Waals surface area (Å²) < 4.78 is 19.4. The molecule has 0 amide bonds. The molecule has 0 saturated heterocycles. The number of ether oxygens (including phenoxy) is 1. The molecule has 1 unspecified atom stereocenters. The largest absolute Gasteiger partial charge is 0.463 e. The number of hydrogen-bond acceptors (Lipinski definition) is 3. The van der Waals surface area contributed by atoms with E-state index in [1.807, 2.05) is 20.8 Å². The van der Waals surface area contributed by atoms with Crippen molar-refractivity contribution in [3.63, 3.8) is 0 Å². The van der Waals surface area contributed by atoms with Crippen LogP contribution in [0.5, 0.6) is 0 Å². The number of nitrogens with one attached hydrogen (secondary N) is 1. The van der Waals surface area contributed by atoms with Crippen molar-refractivity contribution in [3.8, 4) is 0 Å². The van der Waals surface area contributed by atoms with E-state index in [1.165, 1.54) is 6.07 Å². The molecule has 1 aromatic carbocycles. The minimum Gasteiger partial charge on any atom is -0.463 e. The van der Waals surface area contributed by atoms with Gasteiger partial charge in [-0.05, 0) is 44.9 Å². The summed E-state index contributed by atoms with van der Waals surface area (Å²) >= 11 is 0. The van der Waals surface area contributed by atoms with Gasteiger partial charge in [0.15, 0.2) is 0 Å². The Kier molecular flexibility index (Phi) is 4.46. The van der Waals surface area contributed by atoms with E-state index in [1.54, 1.807) is 25.1 Å². The van der Waals surface area contributed by atoms with E-state index in [4.69, 9.17) is 4.74 Å². The molecule has 1 N–H and O–H groups in total. The predicted octanol–water partition coefficient (Wildman–Crippen LogP) is 3.64. The fourth-order valence-corrected chi connectivity index (χ4v) is 2.67. The second-order valence-electron chi connectivity index (χ2n) is 5.15. The molecule has 1 aliphatic rings. The van der Waals surface area contributed by atoms with E-state index in [2.05, 4.69) is 5.32 Å². The second kappa shape index (κ2) is 6.12. The minimum absolute atomic E-state index is 0.293. The zero-order valence-electron chi connectivity index (χ0n) is 12.8. The third-order valence-corrected chi connectivity index (χ3v) is 3.80. The first-order chi connectivity index (χ1) is 9.97. The van der Waals surface area contributed by atoms with Crippen LogP contribution in [0, 0.1) is 5.82 Å². The van der Waals surface area contributed by atoms with Gasteiger partial charge in [0.25, 0.3) is 0 Å². The van der Waals surface area contributed by atoms with Crippen molar-refractivity contribution in [1.82, 2.24) is 5.32 Å². The zero-order valence-corrected chi connectivity index (χ0v) is 12.8. The van der Waals surface area contributed by atoms with Gasteiger partial charge in [0.1, 0.15) is 5.82 Å². The second-order valence-corrected chi connectivity index (χ2v) is 5.15. The molecule has 0 fully saturated rings. The van der Waals surface area contributed by atoms with Crippen molar-refractivity contribution in [2.45, 2.75) is 33.6 Å². The Morgan fingerprint density at radius 2 is 1.90 bits per heavy atom. The average molecular weight is 289 g/mol. The highest BCUT2D eigenvalue weighted by molar-refractivity contribution is 5.92. The summed E-state index contributed by atoms with van der Waals surface area (Å²) in [4.78, 5) is 12.3. The summed E-state index contributed by atoms with van der Waals surface area (Å²) in [6.07, 6.45) is 0. The van der Waals surface area contributed by atoms with Crippen LogP contribution < -0.4 is 5.32 Å². The molecule has 1 aliphatic heterocycles. The fourth-order valence-electron chi connectivity index (χ4n) is 2.67. The summed E-state index contributed by atoms with van der Waals surface area (Å²) in [6.45, 7) is 7.70. The first kappa shape index (κ1) is 15.3. The van der Waals surface area contributed by atoms with Crippen molar-refractivity contribution >= 4 is 5.97 Å². The third kappa shape index (κ3) is 2.84. The maximum atomic E-state index is 14.2. The predicted molar refractivity (Wildman–Crippen MR) is 80.0 cm³/mol. The number of allylic oxidation sites excluding steroid dienone is 3. The Morgan fingerprint density at radius 1 is 1.24 bits per heavy atom. The number of carbonyl (C=O) groups excluding carboxylic acids is 1. The molecule has 1 atom stereocenters. The van der Waals surface area contributed by atoms with Gasteiger partial charge in [-0.15, -0.1) is 0 Å². The van der Waals surface area contributed by atoms with Crippen molar-refractivity contribution in [1.29, 1.82) is 0 Å². The Hall–Kier alpha value is -2.10. The van der Waals surface area contributed by atoms with E-state index < -0.39 is 11.9 Å². The van der Waals surface area contributed by atoms with Gasteiger partial charge in [0.05, 0.1) is 12.2 Å². The van der Waals surface area contributed by atoms with Crippen molar-refractivity contribution < 1.29 is 13.9 Å². The van der Waals surface area contributed by atoms with Crippen LogP contribution in [0.4, 0.5) is 4.39 Å². The molecule has 3 nitrogen and oxygen atoms in total. The van der Waals surface area contributed by atoms with Gasteiger partial charge < -0.3 is 10.1 Å². The first-order valence-electron chi connectivity index (χ1n) is 7.04. The minimum atomic E-state index is -0.411. The molecule has 0 aliphatic carbocycles. The van der Waals surface area contributed by atoms with Gasteiger partial charge in [-0.25, -0.2) is 9.18 Å². The molecule has 21 heavy (non-hydrogen) atoms. The fraction of sp³-hybridized carbons (Fsp3) is 0.353. The molecule has 0 aromatic heterocycles. The lowest BCUT2D eigenvalue weighted by atomic mass is 9.81. The highest BCUT2D eigenvalue weighted by Gasteiger charge is 2.33. The molecule has 112 valence electrons. The van der Waals surface area contributed by atoms with Crippen LogP contribution in [0.15, 0.2) is 46.8 Å². The Morgan fingerprint density at radius 3 is 2.52 bits per heavy atom. The van der Waals surface area contributed by atoms with Gasteiger partial charge in [-0.2, -0.15) is 0 Å². The average Bonchev–Trinajstić information content (AvgIpc) is 2.43. The molecule has 1 aromatic rings. The topological polar surface area (TPSA) is 38.3 Å². The van der Waals surface area contributed by atoms with Gasteiger partial charge in [0.2, 0.25) is 0 Å². The summed E-state index contributed by atoms with van der Waals surface area (Å²) in [5.74, 6) is -1.12. The highest BCUT2D eigenvalue weighted by atomic mass is 19.1. The standard InChI is InChI=1S/C17H20FNO2/c1-5-21-17(20)16-12(4)19-11(3)10(2)15(16)13-8-6-7-9-14(13)18/h6-9,15,19H,5H2,1-4H3. The number of dihydropyridines is 1. The van der Waals surface area contributed by atoms with Crippen LogP contribution in [0.25, 0.3) is 0 Å². The number of esters is 1. The first-order valence-corrected chi connectivity index (χ1v) is 7.04. The maximum absolute atomic E-state index is 14.2. The van der Waals surface area contributed by atoms with Crippen molar-refractivity contribution in [2.24, 2.45) is 0 Å². The van der Waals surface area contributed by atoms with Gasteiger partial charge in [-0.1, -0.05) is 18.2 Å². The third-order valence-electron chi connectivity index (χ3n) is 3.80. The van der Waals surface area contributed by atoms with Crippen LogP contribution in [0.3, 0.4) is 0 Å². The van der Waals surface area contributed by atoms with Crippen molar-refractivity contribution in [3.05, 3.63) is 58.2 Å². The molecule has 0 bridgehead atoms. The van der Waals surface area contributed by atoms with Crippen LogP contribution in [-0.4, -0.2) is 12.6 Å². The normalized spacial score (nSPS) is 18.6. The number of rotatable bonds is 3. The maximum Gasteiger partial charge on any atom is 0.336 e. The van der Waals surface area contributed by atoms with E-state index in [9.17, 15) is 9.18 Å². The Balaban J connectivity index is 2.58. The Labute approximate surface area is 124 Å². The monoisotopic (exact) mass is 289 g/mol. The van der Waals surface area contributed by atoms with E-state index in [0.717, 1.165) is 11.3 Å². The highest BCUT2D eigenvalue weighted by Crippen LogP contribution is 2.39. The molecule has 0 radical (unpaired) electrons. The van der Waals surface area contributed by atoms with Crippen molar-refractivity contribution in [2.75, 3.05) is 6.61 Å². The molecule has 0 saturated carbocycles. The molecular weight excluding hydrogens is 269 g/mol. The molecule has 2 rings (SSSR count). The summed E-state index contributed by atoms with van der Waals surface area (Å²) in [5.41, 5.74) is 3.55. The summed E-state index contributed by atoms with van der Waals surface area (Å²) in [5, 5.41) is 3.17. The molecule has 4 heteroatoms. The summed E-state index contributed by atoms with van der Waals surface area (Å²) in [6, 6.07) is 6.56. The van der Waals surface area contributed by atoms with Crippen LogP contribution in [0.2, 0.25) is 0 Å².